The molecule has 1 N–H and O–H groups in total. The molecule has 129 valence electrons. The first-order valence-electron chi connectivity index (χ1n) is 7.92. The number of amides is 1. The third kappa shape index (κ3) is 4.22. The second-order valence-electron chi connectivity index (χ2n) is 5.90. The predicted octanol–water partition coefficient (Wildman–Crippen LogP) is 4.29. The van der Waals surface area contributed by atoms with Crippen LogP contribution in [-0.4, -0.2) is 18.2 Å². The smallest absolute Gasteiger partial charge is 0.217 e. The number of hydrogen-bond acceptors (Lipinski definition) is 2. The first kappa shape index (κ1) is 19.0. The molecule has 0 aliphatic carbocycles. The quantitative estimate of drug-likeness (QED) is 0.410. The average molecular weight is 510 g/mol. The van der Waals surface area contributed by atoms with E-state index in [1.54, 1.807) is 0 Å². The van der Waals surface area contributed by atoms with Gasteiger partial charge in [0.05, 0.1) is 6.54 Å². The van der Waals surface area contributed by atoms with Gasteiger partial charge >= 0.3 is 0 Å². The van der Waals surface area contributed by atoms with Crippen LogP contribution < -0.4 is 5.32 Å². The maximum atomic E-state index is 10.1. The van der Waals surface area contributed by atoms with E-state index in [0.717, 1.165) is 0 Å². The van der Waals surface area contributed by atoms with Crippen LogP contribution in [-0.2, 0) is 29.7 Å². The minimum absolute atomic E-state index is 0. The fraction of sp³-hybridized carbons (Fsp3) is 0.143. The van der Waals surface area contributed by atoms with Crippen molar-refractivity contribution in [3.05, 3.63) is 60.7 Å². The molecule has 4 heteroatoms. The molecule has 25 heavy (non-hydrogen) atoms. The molecule has 0 fully saturated rings. The van der Waals surface area contributed by atoms with Crippen LogP contribution in [0.25, 0.3) is 32.3 Å². The molecule has 0 saturated heterocycles. The third-order valence-electron chi connectivity index (χ3n) is 3.98. The van der Waals surface area contributed by atoms with Crippen LogP contribution in [0.3, 0.4) is 0 Å². The molecule has 1 amide bonds. The number of carbonyl (C=O) groups excluding carboxylic acids is 2. The molecule has 0 bridgehead atoms. The molecule has 0 aliphatic heterocycles. The molecule has 0 unspecified atom stereocenters. The standard InChI is InChI=1S/C16H10.C5H9NO2.Ir/c1-3-11-7-9-13-5-2-6-14-10-8-12(4-1)15(11)16(13)14;1-4(7)3-6-5(2)8;/h1-10H;3H2,1-2H3,(H,6,8);. The van der Waals surface area contributed by atoms with E-state index in [-0.39, 0.29) is 38.3 Å². The van der Waals surface area contributed by atoms with Crippen molar-refractivity contribution in [2.75, 3.05) is 6.54 Å². The summed E-state index contributed by atoms with van der Waals surface area (Å²) in [5.41, 5.74) is 0. The molecule has 0 saturated carbocycles. The minimum atomic E-state index is -0.166. The molecule has 0 heterocycles. The summed E-state index contributed by atoms with van der Waals surface area (Å²) in [6.45, 7) is 2.95. The Balaban J connectivity index is 0.000000219. The maximum Gasteiger partial charge on any atom is 0.217 e. The van der Waals surface area contributed by atoms with Gasteiger partial charge in [-0.15, -0.1) is 0 Å². The van der Waals surface area contributed by atoms with Crippen LogP contribution in [0, 0.1) is 0 Å². The number of ketones is 1. The topological polar surface area (TPSA) is 46.2 Å². The second-order valence-corrected chi connectivity index (χ2v) is 5.90. The number of Topliss-reactive ketones (excluding diaryl/α,β-unsaturated/α-hetero) is 1. The molecule has 0 spiro atoms. The van der Waals surface area contributed by atoms with Crippen molar-refractivity contribution in [1.29, 1.82) is 0 Å². The van der Waals surface area contributed by atoms with Gasteiger partial charge in [-0.3, -0.25) is 9.59 Å². The molecule has 0 aliphatic rings. The van der Waals surface area contributed by atoms with E-state index in [1.165, 1.54) is 46.2 Å². The van der Waals surface area contributed by atoms with E-state index >= 15 is 0 Å². The number of carbonyl (C=O) groups is 2. The summed E-state index contributed by atoms with van der Waals surface area (Å²) in [4.78, 5) is 20.2. The van der Waals surface area contributed by atoms with E-state index in [0.29, 0.717) is 0 Å². The zero-order chi connectivity index (χ0) is 17.1. The Morgan fingerprint density at radius 2 is 1.08 bits per heavy atom. The van der Waals surface area contributed by atoms with Gasteiger partial charge in [-0.1, -0.05) is 60.7 Å². The Hall–Kier alpha value is -2.29. The molecule has 4 aromatic carbocycles. The Bertz CT molecular complexity index is 882. The average Bonchev–Trinajstić information content (AvgIpc) is 2.59. The maximum absolute atomic E-state index is 10.1. The van der Waals surface area contributed by atoms with Crippen molar-refractivity contribution in [2.45, 2.75) is 13.8 Å². The zero-order valence-corrected chi connectivity index (χ0v) is 16.5. The Morgan fingerprint density at radius 1 is 0.720 bits per heavy atom. The van der Waals surface area contributed by atoms with Crippen molar-refractivity contribution >= 4 is 44.0 Å². The van der Waals surface area contributed by atoms with Gasteiger partial charge in [-0.2, -0.15) is 0 Å². The van der Waals surface area contributed by atoms with Crippen molar-refractivity contribution in [3.63, 3.8) is 0 Å². The monoisotopic (exact) mass is 510 g/mol. The predicted molar refractivity (Wildman–Crippen MR) is 99.5 cm³/mol. The minimum Gasteiger partial charge on any atom is -0.349 e. The number of nitrogens with one attached hydrogen (secondary N) is 1. The molecule has 4 rings (SSSR count). The van der Waals surface area contributed by atoms with Crippen LogP contribution in [0.1, 0.15) is 13.8 Å². The zero-order valence-electron chi connectivity index (χ0n) is 14.1. The van der Waals surface area contributed by atoms with Gasteiger partial charge in [0.25, 0.3) is 0 Å². The first-order valence-corrected chi connectivity index (χ1v) is 7.92. The Kier molecular flexibility index (Phi) is 6.24. The normalized spacial score (nSPS) is 10.2. The fourth-order valence-electron chi connectivity index (χ4n) is 2.92. The van der Waals surface area contributed by atoms with Crippen LogP contribution >= 0.6 is 0 Å². The molecule has 4 aromatic rings. The molecule has 0 atom stereocenters. The van der Waals surface area contributed by atoms with Gasteiger partial charge in [0.15, 0.2) is 0 Å². The van der Waals surface area contributed by atoms with Crippen LogP contribution in [0.15, 0.2) is 60.7 Å². The molecule has 3 nitrogen and oxygen atoms in total. The van der Waals surface area contributed by atoms with Crippen molar-refractivity contribution in [1.82, 2.24) is 5.32 Å². The van der Waals surface area contributed by atoms with E-state index in [9.17, 15) is 9.59 Å². The van der Waals surface area contributed by atoms with Crippen LogP contribution in [0.5, 0.6) is 0 Å². The molecule has 1 radical (unpaired) electrons. The second kappa shape index (κ2) is 8.19. The summed E-state index contributed by atoms with van der Waals surface area (Å²) < 4.78 is 0. The van der Waals surface area contributed by atoms with E-state index < -0.39 is 0 Å². The SMILES string of the molecule is CC(=O)CNC(C)=O.[Ir].c1cc2ccc3cccc4ccc(c1)c2c34. The van der Waals surface area contributed by atoms with Gasteiger partial charge in [0.1, 0.15) is 5.78 Å². The number of rotatable bonds is 2. The molecular weight excluding hydrogens is 490 g/mol. The van der Waals surface area contributed by atoms with E-state index in [1.807, 2.05) is 0 Å². The van der Waals surface area contributed by atoms with E-state index in [2.05, 4.69) is 66.0 Å². The summed E-state index contributed by atoms with van der Waals surface area (Å²) >= 11 is 0. The van der Waals surface area contributed by atoms with Gasteiger partial charge in [0.2, 0.25) is 5.91 Å². The fourth-order valence-corrected chi connectivity index (χ4v) is 2.92. The summed E-state index contributed by atoms with van der Waals surface area (Å²) in [7, 11) is 0. The Labute approximate surface area is 160 Å². The van der Waals surface area contributed by atoms with Gasteiger partial charge in [-0.25, -0.2) is 0 Å². The number of benzene rings is 4. The summed E-state index contributed by atoms with van der Waals surface area (Å²) in [5.74, 6) is -0.194. The molecular formula is C21H19IrNO2. The van der Waals surface area contributed by atoms with Crippen LogP contribution in [0.4, 0.5) is 0 Å². The molecule has 0 aromatic heterocycles. The van der Waals surface area contributed by atoms with Crippen LogP contribution in [0.2, 0.25) is 0 Å². The first-order chi connectivity index (χ1) is 11.6. The van der Waals surface area contributed by atoms with Crippen molar-refractivity contribution < 1.29 is 29.7 Å². The largest absolute Gasteiger partial charge is 0.349 e. The van der Waals surface area contributed by atoms with Crippen molar-refractivity contribution in [2.24, 2.45) is 0 Å². The summed E-state index contributed by atoms with van der Waals surface area (Å²) in [6, 6.07) is 21.9. The number of hydrogen-bond donors (Lipinski definition) is 1. The van der Waals surface area contributed by atoms with Gasteiger partial charge in [0, 0.05) is 27.0 Å². The van der Waals surface area contributed by atoms with E-state index in [4.69, 9.17) is 0 Å². The summed E-state index contributed by atoms with van der Waals surface area (Å²) in [5, 5.41) is 10.5. The van der Waals surface area contributed by atoms with Crippen molar-refractivity contribution in [3.8, 4) is 0 Å². The third-order valence-corrected chi connectivity index (χ3v) is 3.98. The summed E-state index contributed by atoms with van der Waals surface area (Å²) in [6.07, 6.45) is 0. The van der Waals surface area contributed by atoms with Gasteiger partial charge in [-0.05, 0) is 39.2 Å². The Morgan fingerprint density at radius 3 is 1.32 bits per heavy atom. The van der Waals surface area contributed by atoms with Gasteiger partial charge < -0.3 is 5.32 Å².